The van der Waals surface area contributed by atoms with Crippen molar-refractivity contribution in [3.8, 4) is 5.69 Å². The Morgan fingerprint density at radius 1 is 1.31 bits per heavy atom. The lowest BCUT2D eigenvalue weighted by atomic mass is 10.3. The number of hydrogen-bond acceptors (Lipinski definition) is 1. The first-order valence-electron chi connectivity index (χ1n) is 5.32. The number of aromatic nitrogens is 2. The number of nitrogens with zero attached hydrogens (tertiary/aromatic N) is 1. The SMILES string of the molecule is Fc1cccc(-n2[nH]c(C3CC3)cc2=S)c1. The Morgan fingerprint density at radius 2 is 2.12 bits per heavy atom. The van der Waals surface area contributed by atoms with Gasteiger partial charge in [-0.15, -0.1) is 0 Å². The smallest absolute Gasteiger partial charge is 0.127 e. The zero-order chi connectivity index (χ0) is 11.1. The van der Waals surface area contributed by atoms with E-state index >= 15 is 0 Å². The molecule has 1 aromatic carbocycles. The molecule has 0 bridgehead atoms. The van der Waals surface area contributed by atoms with Crippen LogP contribution in [0.2, 0.25) is 0 Å². The maximum absolute atomic E-state index is 13.1. The fraction of sp³-hybridized carbons (Fsp3) is 0.250. The minimum Gasteiger partial charge on any atom is -0.297 e. The highest BCUT2D eigenvalue weighted by Crippen LogP contribution is 2.39. The molecule has 0 atom stereocenters. The largest absolute Gasteiger partial charge is 0.297 e. The second-order valence-electron chi connectivity index (χ2n) is 4.14. The van der Waals surface area contributed by atoms with Gasteiger partial charge in [0.1, 0.15) is 10.5 Å². The molecule has 0 amide bonds. The Hall–Kier alpha value is -1.42. The Balaban J connectivity index is 2.08. The van der Waals surface area contributed by atoms with Crippen LogP contribution in [-0.4, -0.2) is 9.78 Å². The van der Waals surface area contributed by atoms with Crippen LogP contribution in [0.5, 0.6) is 0 Å². The van der Waals surface area contributed by atoms with Crippen molar-refractivity contribution < 1.29 is 4.39 Å². The predicted molar refractivity (Wildman–Crippen MR) is 62.9 cm³/mol. The Kier molecular flexibility index (Phi) is 2.17. The molecule has 82 valence electrons. The molecule has 1 fully saturated rings. The third-order valence-electron chi connectivity index (χ3n) is 2.82. The molecule has 3 rings (SSSR count). The summed E-state index contributed by atoms with van der Waals surface area (Å²) in [6.07, 6.45) is 2.44. The molecule has 0 aliphatic heterocycles. The van der Waals surface area contributed by atoms with E-state index in [-0.39, 0.29) is 5.82 Å². The van der Waals surface area contributed by atoms with E-state index in [0.29, 0.717) is 10.6 Å². The Labute approximate surface area is 97.7 Å². The highest BCUT2D eigenvalue weighted by atomic mass is 32.1. The van der Waals surface area contributed by atoms with Gasteiger partial charge in [-0.25, -0.2) is 9.07 Å². The van der Waals surface area contributed by atoms with Crippen LogP contribution in [-0.2, 0) is 0 Å². The molecule has 1 aromatic heterocycles. The van der Waals surface area contributed by atoms with E-state index in [4.69, 9.17) is 12.2 Å². The van der Waals surface area contributed by atoms with Gasteiger partial charge in [0.2, 0.25) is 0 Å². The minimum atomic E-state index is -0.248. The summed E-state index contributed by atoms with van der Waals surface area (Å²) in [7, 11) is 0. The third-order valence-corrected chi connectivity index (χ3v) is 3.12. The number of benzene rings is 1. The van der Waals surface area contributed by atoms with Gasteiger partial charge in [0, 0.05) is 11.6 Å². The normalized spacial score (nSPS) is 15.3. The first-order valence-corrected chi connectivity index (χ1v) is 5.73. The molecule has 0 saturated heterocycles. The molecule has 1 heterocycles. The van der Waals surface area contributed by atoms with Crippen LogP contribution in [0.3, 0.4) is 0 Å². The number of H-pyrrole nitrogens is 1. The van der Waals surface area contributed by atoms with Gasteiger partial charge in [-0.2, -0.15) is 0 Å². The van der Waals surface area contributed by atoms with Crippen molar-refractivity contribution in [2.75, 3.05) is 0 Å². The molecule has 1 aliphatic carbocycles. The maximum Gasteiger partial charge on any atom is 0.127 e. The summed E-state index contributed by atoms with van der Waals surface area (Å²) in [5.41, 5.74) is 1.91. The molecule has 1 aliphatic rings. The van der Waals surface area contributed by atoms with Gasteiger partial charge in [0.05, 0.1) is 5.69 Å². The number of aromatic amines is 1. The average Bonchev–Trinajstić information content (AvgIpc) is 3.02. The fourth-order valence-corrected chi connectivity index (χ4v) is 2.10. The molecule has 0 radical (unpaired) electrons. The van der Waals surface area contributed by atoms with Crippen molar-refractivity contribution >= 4 is 12.2 Å². The molecule has 1 N–H and O–H groups in total. The number of nitrogens with one attached hydrogen (secondary N) is 1. The van der Waals surface area contributed by atoms with Gasteiger partial charge < -0.3 is 0 Å². The molecule has 0 spiro atoms. The molecule has 0 unspecified atom stereocenters. The van der Waals surface area contributed by atoms with Crippen LogP contribution >= 0.6 is 12.2 Å². The van der Waals surface area contributed by atoms with Gasteiger partial charge in [0.25, 0.3) is 0 Å². The molecule has 4 heteroatoms. The van der Waals surface area contributed by atoms with Gasteiger partial charge in [-0.05, 0) is 37.1 Å². The van der Waals surface area contributed by atoms with Crippen molar-refractivity contribution in [2.45, 2.75) is 18.8 Å². The van der Waals surface area contributed by atoms with Crippen LogP contribution in [0, 0.1) is 10.5 Å². The van der Waals surface area contributed by atoms with E-state index in [1.807, 2.05) is 12.1 Å². The lowest BCUT2D eigenvalue weighted by Crippen LogP contribution is -1.97. The molecule has 16 heavy (non-hydrogen) atoms. The van der Waals surface area contributed by atoms with E-state index in [1.54, 1.807) is 10.7 Å². The number of hydrogen-bond donors (Lipinski definition) is 1. The van der Waals surface area contributed by atoms with Gasteiger partial charge >= 0.3 is 0 Å². The molecular weight excluding hydrogens is 223 g/mol. The monoisotopic (exact) mass is 234 g/mol. The highest BCUT2D eigenvalue weighted by molar-refractivity contribution is 7.71. The van der Waals surface area contributed by atoms with Crippen molar-refractivity contribution in [1.29, 1.82) is 0 Å². The van der Waals surface area contributed by atoms with Crippen molar-refractivity contribution in [2.24, 2.45) is 0 Å². The summed E-state index contributed by atoms with van der Waals surface area (Å²) >= 11 is 5.25. The number of rotatable bonds is 2. The van der Waals surface area contributed by atoms with Gasteiger partial charge in [0.15, 0.2) is 0 Å². The Morgan fingerprint density at radius 3 is 2.81 bits per heavy atom. The second-order valence-corrected chi connectivity index (χ2v) is 4.56. The zero-order valence-corrected chi connectivity index (χ0v) is 9.43. The number of halogens is 1. The van der Waals surface area contributed by atoms with E-state index in [1.165, 1.54) is 25.0 Å². The summed E-state index contributed by atoms with van der Waals surface area (Å²) < 4.78 is 15.6. The van der Waals surface area contributed by atoms with Crippen molar-refractivity contribution in [3.63, 3.8) is 0 Å². The Bertz CT molecular complexity index is 581. The van der Waals surface area contributed by atoms with Crippen LogP contribution in [0.4, 0.5) is 4.39 Å². The average molecular weight is 234 g/mol. The molecule has 2 aromatic rings. The quantitative estimate of drug-likeness (QED) is 0.788. The first kappa shape index (κ1) is 9.78. The van der Waals surface area contributed by atoms with Gasteiger partial charge in [-0.1, -0.05) is 18.3 Å². The summed E-state index contributed by atoms with van der Waals surface area (Å²) in [4.78, 5) is 0. The van der Waals surface area contributed by atoms with Crippen molar-refractivity contribution in [1.82, 2.24) is 9.78 Å². The summed E-state index contributed by atoms with van der Waals surface area (Å²) in [5.74, 6) is 0.374. The molecular formula is C12H11FN2S. The van der Waals surface area contributed by atoms with E-state index in [2.05, 4.69) is 5.10 Å². The minimum absolute atomic E-state index is 0.248. The van der Waals surface area contributed by atoms with Crippen LogP contribution < -0.4 is 0 Å². The third kappa shape index (κ3) is 1.69. The fourth-order valence-electron chi connectivity index (χ4n) is 1.82. The molecule has 1 saturated carbocycles. The van der Waals surface area contributed by atoms with Crippen LogP contribution in [0.1, 0.15) is 24.5 Å². The van der Waals surface area contributed by atoms with Crippen LogP contribution in [0.15, 0.2) is 30.3 Å². The zero-order valence-electron chi connectivity index (χ0n) is 8.61. The summed E-state index contributed by atoms with van der Waals surface area (Å²) in [6, 6.07) is 8.40. The predicted octanol–water partition coefficient (Wildman–Crippen LogP) is 3.55. The standard InChI is InChI=1S/C12H11FN2S/c13-9-2-1-3-10(6-9)15-12(16)7-11(14-15)8-4-5-8/h1-3,6-8,14H,4-5H2. The van der Waals surface area contributed by atoms with E-state index in [9.17, 15) is 4.39 Å². The topological polar surface area (TPSA) is 20.7 Å². The summed E-state index contributed by atoms with van der Waals surface area (Å²) in [6.45, 7) is 0. The maximum atomic E-state index is 13.1. The lowest BCUT2D eigenvalue weighted by Gasteiger charge is -2.02. The van der Waals surface area contributed by atoms with Crippen molar-refractivity contribution in [3.05, 3.63) is 46.5 Å². The highest BCUT2D eigenvalue weighted by Gasteiger charge is 2.25. The van der Waals surface area contributed by atoms with E-state index in [0.717, 1.165) is 11.4 Å². The molecule has 2 nitrogen and oxygen atoms in total. The second kappa shape index (κ2) is 3.56. The van der Waals surface area contributed by atoms with Crippen LogP contribution in [0.25, 0.3) is 5.69 Å². The van der Waals surface area contributed by atoms with E-state index < -0.39 is 0 Å². The first-order chi connectivity index (χ1) is 7.74. The summed E-state index contributed by atoms with van der Waals surface area (Å²) in [5, 5.41) is 3.23. The lowest BCUT2D eigenvalue weighted by molar-refractivity contribution is 0.625. The van der Waals surface area contributed by atoms with Gasteiger partial charge in [-0.3, -0.25) is 5.10 Å².